The first-order valence-electron chi connectivity index (χ1n) is 8.81. The monoisotopic (exact) mass is 434 g/mol. The molecule has 0 aliphatic carbocycles. The predicted molar refractivity (Wildman–Crippen MR) is 112 cm³/mol. The number of rotatable bonds is 7. The number of halogens is 2. The third-order valence-electron chi connectivity index (χ3n) is 4.45. The average Bonchev–Trinajstić information content (AvgIpc) is 3.04. The number of nitrogens with zero attached hydrogens (tertiary/aromatic N) is 3. The van der Waals surface area contributed by atoms with E-state index in [1.54, 1.807) is 35.0 Å². The molecule has 7 nitrogen and oxygen atoms in total. The molecular formula is C20H20Cl2N4O3. The second-order valence-electron chi connectivity index (χ2n) is 6.45. The fourth-order valence-electron chi connectivity index (χ4n) is 2.80. The molecule has 1 amide bonds. The summed E-state index contributed by atoms with van der Waals surface area (Å²) in [6.45, 7) is 2.22. The van der Waals surface area contributed by atoms with Crippen LogP contribution in [0.4, 0.5) is 5.69 Å². The maximum absolute atomic E-state index is 12.5. The van der Waals surface area contributed by atoms with Gasteiger partial charge in [0.2, 0.25) is 5.91 Å². The molecule has 0 aliphatic heterocycles. The molecule has 0 radical (unpaired) electrons. The number of hydrogen-bond donors (Lipinski definition) is 2. The maximum Gasteiger partial charge on any atom is 0.230 e. The van der Waals surface area contributed by atoms with Crippen LogP contribution < -0.4 is 10.1 Å². The van der Waals surface area contributed by atoms with Gasteiger partial charge in [-0.2, -0.15) is 0 Å². The molecule has 0 fully saturated rings. The maximum atomic E-state index is 12.5. The first kappa shape index (κ1) is 21.1. The van der Waals surface area contributed by atoms with Crippen LogP contribution in [0.5, 0.6) is 5.75 Å². The van der Waals surface area contributed by atoms with Crippen molar-refractivity contribution in [2.75, 3.05) is 12.4 Å². The second kappa shape index (κ2) is 9.26. The molecule has 0 unspecified atom stereocenters. The highest BCUT2D eigenvalue weighted by Gasteiger charge is 2.15. The zero-order chi connectivity index (χ0) is 21.0. The lowest BCUT2D eigenvalue weighted by atomic mass is 10.2. The summed E-state index contributed by atoms with van der Waals surface area (Å²) in [5.41, 5.74) is 3.51. The Morgan fingerprint density at radius 2 is 1.93 bits per heavy atom. The summed E-state index contributed by atoms with van der Waals surface area (Å²) in [4.78, 5) is 12.5. The van der Waals surface area contributed by atoms with Crippen molar-refractivity contribution in [1.29, 1.82) is 0 Å². The second-order valence-corrected chi connectivity index (χ2v) is 7.26. The Morgan fingerprint density at radius 3 is 2.62 bits per heavy atom. The minimum Gasteiger partial charge on any atom is -0.495 e. The van der Waals surface area contributed by atoms with Crippen LogP contribution in [0.3, 0.4) is 0 Å². The van der Waals surface area contributed by atoms with Crippen molar-refractivity contribution >= 4 is 34.8 Å². The highest BCUT2D eigenvalue weighted by atomic mass is 35.5. The van der Waals surface area contributed by atoms with Gasteiger partial charge in [-0.25, -0.2) is 4.68 Å². The zero-order valence-corrected chi connectivity index (χ0v) is 17.5. The van der Waals surface area contributed by atoms with Gasteiger partial charge in [0.05, 0.1) is 53.8 Å². The number of carbonyl (C=O) groups excluding carboxylic acids is 1. The SMILES string of the molecule is COc1cc(CO)ccc1NC(=O)Cc1nnn(Cc2ccc(Cl)c(Cl)c2)c1C. The number of amides is 1. The fourth-order valence-corrected chi connectivity index (χ4v) is 3.13. The van der Waals surface area contributed by atoms with Gasteiger partial charge in [-0.05, 0) is 42.3 Å². The summed E-state index contributed by atoms with van der Waals surface area (Å²) in [6.07, 6.45) is 0.0676. The number of hydrogen-bond acceptors (Lipinski definition) is 5. The van der Waals surface area contributed by atoms with E-state index in [4.69, 9.17) is 27.9 Å². The Bertz CT molecular complexity index is 1040. The molecule has 0 aliphatic rings. The average molecular weight is 435 g/mol. The van der Waals surface area contributed by atoms with Crippen molar-refractivity contribution in [1.82, 2.24) is 15.0 Å². The number of ether oxygens (including phenoxy) is 1. The van der Waals surface area contributed by atoms with E-state index in [-0.39, 0.29) is 18.9 Å². The van der Waals surface area contributed by atoms with E-state index in [9.17, 15) is 9.90 Å². The third-order valence-corrected chi connectivity index (χ3v) is 5.18. The van der Waals surface area contributed by atoms with Crippen LogP contribution in [-0.2, 0) is 24.4 Å². The van der Waals surface area contributed by atoms with Gasteiger partial charge < -0.3 is 15.2 Å². The predicted octanol–water partition coefficient (Wildman–Crippen LogP) is 3.62. The molecule has 152 valence electrons. The highest BCUT2D eigenvalue weighted by molar-refractivity contribution is 6.42. The Kier molecular flexibility index (Phi) is 6.74. The minimum absolute atomic E-state index is 0.0676. The Labute approximate surface area is 178 Å². The van der Waals surface area contributed by atoms with Crippen LogP contribution in [0.25, 0.3) is 0 Å². The van der Waals surface area contributed by atoms with E-state index in [2.05, 4.69) is 15.6 Å². The molecule has 1 heterocycles. The van der Waals surface area contributed by atoms with Crippen LogP contribution in [0, 0.1) is 6.92 Å². The van der Waals surface area contributed by atoms with Crippen molar-refractivity contribution in [3.63, 3.8) is 0 Å². The van der Waals surface area contributed by atoms with Crippen molar-refractivity contribution < 1.29 is 14.6 Å². The lowest BCUT2D eigenvalue weighted by Crippen LogP contribution is -2.16. The quantitative estimate of drug-likeness (QED) is 0.592. The number of nitrogens with one attached hydrogen (secondary N) is 1. The van der Waals surface area contributed by atoms with Crippen LogP contribution in [-0.4, -0.2) is 33.1 Å². The number of anilines is 1. The topological polar surface area (TPSA) is 89.3 Å². The van der Waals surface area contributed by atoms with Crippen LogP contribution in [0.1, 0.15) is 22.5 Å². The number of aliphatic hydroxyl groups excluding tert-OH is 1. The summed E-state index contributed by atoms with van der Waals surface area (Å²) in [5, 5.41) is 21.3. The molecule has 2 N–H and O–H groups in total. The molecule has 2 aromatic carbocycles. The standard InChI is InChI=1S/C20H20Cl2N4O3/c1-12-18(24-25-26(12)10-13-3-5-15(21)16(22)7-13)9-20(28)23-17-6-4-14(11-27)8-19(17)29-2/h3-8,27H,9-11H2,1-2H3,(H,23,28). The third kappa shape index (κ3) is 5.06. The van der Waals surface area contributed by atoms with Gasteiger partial charge in [-0.3, -0.25) is 4.79 Å². The fraction of sp³-hybridized carbons (Fsp3) is 0.250. The van der Waals surface area contributed by atoms with Crippen molar-refractivity contribution in [2.45, 2.75) is 26.5 Å². The number of carbonyl (C=O) groups is 1. The normalized spacial score (nSPS) is 10.8. The lowest BCUT2D eigenvalue weighted by Gasteiger charge is -2.11. The van der Waals surface area contributed by atoms with Gasteiger partial charge in [-0.15, -0.1) is 5.10 Å². The summed E-state index contributed by atoms with van der Waals surface area (Å²) < 4.78 is 6.98. The number of methoxy groups -OCH3 is 1. The Balaban J connectivity index is 1.69. The molecule has 9 heteroatoms. The minimum atomic E-state index is -0.246. The number of benzene rings is 2. The molecule has 0 saturated heterocycles. The molecule has 3 rings (SSSR count). The Morgan fingerprint density at radius 1 is 1.17 bits per heavy atom. The van der Waals surface area contributed by atoms with Crippen molar-refractivity contribution in [2.24, 2.45) is 0 Å². The molecule has 0 spiro atoms. The van der Waals surface area contributed by atoms with Crippen LogP contribution >= 0.6 is 23.2 Å². The molecule has 29 heavy (non-hydrogen) atoms. The molecule has 0 atom stereocenters. The largest absolute Gasteiger partial charge is 0.495 e. The van der Waals surface area contributed by atoms with Gasteiger partial charge in [0.1, 0.15) is 5.75 Å². The van der Waals surface area contributed by atoms with Gasteiger partial charge in [0.25, 0.3) is 0 Å². The summed E-state index contributed by atoms with van der Waals surface area (Å²) in [7, 11) is 1.50. The highest BCUT2D eigenvalue weighted by Crippen LogP contribution is 2.26. The van der Waals surface area contributed by atoms with E-state index in [0.717, 1.165) is 11.3 Å². The van der Waals surface area contributed by atoms with E-state index in [1.807, 2.05) is 13.0 Å². The molecule has 0 bridgehead atoms. The van der Waals surface area contributed by atoms with E-state index in [0.29, 0.717) is 39.3 Å². The first-order valence-corrected chi connectivity index (χ1v) is 9.57. The van der Waals surface area contributed by atoms with Crippen LogP contribution in [0.2, 0.25) is 10.0 Å². The first-order chi connectivity index (χ1) is 13.9. The van der Waals surface area contributed by atoms with Gasteiger partial charge in [0, 0.05) is 0 Å². The molecule has 1 aromatic heterocycles. The van der Waals surface area contributed by atoms with Crippen molar-refractivity contribution in [3.8, 4) is 5.75 Å². The molecule has 3 aromatic rings. The summed E-state index contributed by atoms with van der Waals surface area (Å²) >= 11 is 12.0. The van der Waals surface area contributed by atoms with Gasteiger partial charge in [-0.1, -0.05) is 40.5 Å². The van der Waals surface area contributed by atoms with Gasteiger partial charge >= 0.3 is 0 Å². The summed E-state index contributed by atoms with van der Waals surface area (Å²) in [6, 6.07) is 10.5. The smallest absolute Gasteiger partial charge is 0.230 e. The van der Waals surface area contributed by atoms with Crippen molar-refractivity contribution in [3.05, 3.63) is 69.0 Å². The van der Waals surface area contributed by atoms with E-state index >= 15 is 0 Å². The zero-order valence-electron chi connectivity index (χ0n) is 15.9. The summed E-state index contributed by atoms with van der Waals surface area (Å²) in [5.74, 6) is 0.231. The lowest BCUT2D eigenvalue weighted by molar-refractivity contribution is -0.115. The number of aromatic nitrogens is 3. The molecule has 0 saturated carbocycles. The Hall–Kier alpha value is -2.61. The van der Waals surface area contributed by atoms with E-state index in [1.165, 1.54) is 7.11 Å². The number of aliphatic hydroxyl groups is 1. The van der Waals surface area contributed by atoms with E-state index < -0.39 is 0 Å². The molecular weight excluding hydrogens is 415 g/mol. The van der Waals surface area contributed by atoms with Gasteiger partial charge in [0.15, 0.2) is 0 Å². The van der Waals surface area contributed by atoms with Crippen LogP contribution in [0.15, 0.2) is 36.4 Å².